The molecule has 0 unspecified atom stereocenters. The Labute approximate surface area is 60.9 Å². The molecule has 0 aliphatic rings. The van der Waals surface area contributed by atoms with Gasteiger partial charge in [-0.1, -0.05) is 18.1 Å². The third kappa shape index (κ3) is 4.92. The summed E-state index contributed by atoms with van der Waals surface area (Å²) in [6.07, 6.45) is 3.56. The summed E-state index contributed by atoms with van der Waals surface area (Å²) < 4.78 is 4.62. The minimum atomic E-state index is -0.472. The molecule has 0 radical (unpaired) electrons. The molecule has 0 aromatic carbocycles. The lowest BCUT2D eigenvalue weighted by atomic mass is 10.5. The van der Waals surface area contributed by atoms with Gasteiger partial charge < -0.3 is 4.74 Å². The van der Waals surface area contributed by atoms with E-state index in [4.69, 9.17) is 0 Å². The van der Waals surface area contributed by atoms with Crippen molar-refractivity contribution in [2.75, 3.05) is 6.61 Å². The van der Waals surface area contributed by atoms with Gasteiger partial charge in [-0.3, -0.25) is 0 Å². The fourth-order valence-electron chi connectivity index (χ4n) is 0.358. The lowest BCUT2D eigenvalue weighted by molar-refractivity contribution is -0.135. The Kier molecular flexibility index (Phi) is 5.17. The highest BCUT2D eigenvalue weighted by molar-refractivity contribution is 5.88. The number of hydrogen-bond donors (Lipinski definition) is 0. The van der Waals surface area contributed by atoms with Gasteiger partial charge >= 0.3 is 5.97 Å². The molecule has 2 heteroatoms. The van der Waals surface area contributed by atoms with Gasteiger partial charge in [0.2, 0.25) is 0 Å². The Hall–Kier alpha value is -1.23. The summed E-state index contributed by atoms with van der Waals surface area (Å²) >= 11 is 0. The summed E-state index contributed by atoms with van der Waals surface area (Å²) in [5.74, 6) is 4.23. The number of rotatable bonds is 2. The van der Waals surface area contributed by atoms with Crippen molar-refractivity contribution in [3.8, 4) is 11.8 Å². The molecule has 0 N–H and O–H groups in total. The fraction of sp³-hybridized carbons (Fsp3) is 0.375. The number of carbonyl (C=O) groups is 1. The van der Waals surface area contributed by atoms with Crippen LogP contribution in [0.15, 0.2) is 12.2 Å². The van der Waals surface area contributed by atoms with Crippen LogP contribution in [-0.4, -0.2) is 12.6 Å². The SMILES string of the molecule is CC#CC(=O)OCC=CC. The zero-order chi connectivity index (χ0) is 7.82. The Morgan fingerprint density at radius 2 is 2.40 bits per heavy atom. The van der Waals surface area contributed by atoms with E-state index < -0.39 is 5.97 Å². The highest BCUT2D eigenvalue weighted by atomic mass is 16.5. The average molecular weight is 138 g/mol. The molecule has 0 spiro atoms. The van der Waals surface area contributed by atoms with Gasteiger partial charge in [-0.25, -0.2) is 4.79 Å². The molecule has 0 amide bonds. The molecule has 10 heavy (non-hydrogen) atoms. The maximum absolute atomic E-state index is 10.5. The fourth-order valence-corrected chi connectivity index (χ4v) is 0.358. The molecule has 0 atom stereocenters. The molecule has 0 heterocycles. The first kappa shape index (κ1) is 8.77. The highest BCUT2D eigenvalue weighted by Gasteiger charge is 1.90. The maximum atomic E-state index is 10.5. The summed E-state index contributed by atoms with van der Waals surface area (Å²) in [6.45, 7) is 3.76. The standard InChI is InChI=1S/C8H10O2/c1-3-5-7-10-8(9)6-4-2/h3,5H,7H2,1-2H3. The summed E-state index contributed by atoms with van der Waals surface area (Å²) in [4.78, 5) is 10.5. The number of allylic oxidation sites excluding steroid dienone is 1. The molecule has 0 rings (SSSR count). The Bertz CT molecular complexity index is 181. The number of hydrogen-bond acceptors (Lipinski definition) is 2. The van der Waals surface area contributed by atoms with Gasteiger partial charge in [0.25, 0.3) is 0 Å². The zero-order valence-corrected chi connectivity index (χ0v) is 6.18. The predicted molar refractivity (Wildman–Crippen MR) is 39.2 cm³/mol. The van der Waals surface area contributed by atoms with Gasteiger partial charge in [0.15, 0.2) is 0 Å². The van der Waals surface area contributed by atoms with Crippen molar-refractivity contribution in [2.45, 2.75) is 13.8 Å². The van der Waals surface area contributed by atoms with E-state index in [9.17, 15) is 4.79 Å². The second-order valence-electron chi connectivity index (χ2n) is 1.54. The molecule has 54 valence electrons. The second-order valence-corrected chi connectivity index (χ2v) is 1.54. The maximum Gasteiger partial charge on any atom is 0.384 e. The van der Waals surface area contributed by atoms with E-state index in [0.717, 1.165) is 0 Å². The molecule has 0 bridgehead atoms. The first-order valence-electron chi connectivity index (χ1n) is 3.02. The van der Waals surface area contributed by atoms with Crippen molar-refractivity contribution in [3.05, 3.63) is 12.2 Å². The van der Waals surface area contributed by atoms with Gasteiger partial charge in [-0.15, -0.1) is 0 Å². The van der Waals surface area contributed by atoms with Crippen LogP contribution >= 0.6 is 0 Å². The van der Waals surface area contributed by atoms with Crippen LogP contribution in [0.2, 0.25) is 0 Å². The Balaban J connectivity index is 3.46. The van der Waals surface area contributed by atoms with Crippen molar-refractivity contribution in [2.24, 2.45) is 0 Å². The third-order valence-corrected chi connectivity index (χ3v) is 0.773. The van der Waals surface area contributed by atoms with Gasteiger partial charge in [0, 0.05) is 5.92 Å². The first-order valence-corrected chi connectivity index (χ1v) is 3.02. The van der Waals surface area contributed by atoms with E-state index >= 15 is 0 Å². The van der Waals surface area contributed by atoms with Crippen molar-refractivity contribution in [1.29, 1.82) is 0 Å². The van der Waals surface area contributed by atoms with Crippen molar-refractivity contribution in [3.63, 3.8) is 0 Å². The van der Waals surface area contributed by atoms with Gasteiger partial charge in [-0.2, -0.15) is 0 Å². The normalized spacial score (nSPS) is 8.60. The number of esters is 1. The molecule has 0 saturated heterocycles. The van der Waals surface area contributed by atoms with Gasteiger partial charge in [0.1, 0.15) is 6.61 Å². The van der Waals surface area contributed by atoms with Gasteiger partial charge in [0.05, 0.1) is 0 Å². The van der Waals surface area contributed by atoms with Crippen LogP contribution in [0.5, 0.6) is 0 Å². The van der Waals surface area contributed by atoms with E-state index in [0.29, 0.717) is 6.61 Å². The number of ether oxygens (including phenoxy) is 1. The van der Waals surface area contributed by atoms with Crippen LogP contribution in [0.1, 0.15) is 13.8 Å². The van der Waals surface area contributed by atoms with Crippen LogP contribution < -0.4 is 0 Å². The smallest absolute Gasteiger partial charge is 0.384 e. The molecule has 2 nitrogen and oxygen atoms in total. The highest BCUT2D eigenvalue weighted by Crippen LogP contribution is 1.77. The van der Waals surface area contributed by atoms with E-state index in [1.807, 2.05) is 13.0 Å². The van der Waals surface area contributed by atoms with E-state index in [1.54, 1.807) is 13.0 Å². The van der Waals surface area contributed by atoms with Crippen molar-refractivity contribution >= 4 is 5.97 Å². The van der Waals surface area contributed by atoms with Crippen LogP contribution in [-0.2, 0) is 9.53 Å². The minimum absolute atomic E-state index is 0.310. The van der Waals surface area contributed by atoms with Gasteiger partial charge in [-0.05, 0) is 13.8 Å². The quantitative estimate of drug-likeness (QED) is 0.247. The van der Waals surface area contributed by atoms with Crippen LogP contribution in [0.3, 0.4) is 0 Å². The first-order chi connectivity index (χ1) is 4.81. The second kappa shape index (κ2) is 5.90. The largest absolute Gasteiger partial charge is 0.452 e. The topological polar surface area (TPSA) is 26.3 Å². The minimum Gasteiger partial charge on any atom is -0.452 e. The van der Waals surface area contributed by atoms with E-state index in [2.05, 4.69) is 16.6 Å². The summed E-state index contributed by atoms with van der Waals surface area (Å²) in [5, 5.41) is 0. The monoisotopic (exact) mass is 138 g/mol. The Morgan fingerprint density at radius 3 is 2.90 bits per heavy atom. The van der Waals surface area contributed by atoms with Crippen LogP contribution in [0, 0.1) is 11.8 Å². The molecule has 0 saturated carbocycles. The lowest BCUT2D eigenvalue weighted by Gasteiger charge is -1.91. The summed E-state index contributed by atoms with van der Waals surface area (Å²) in [7, 11) is 0. The molecular formula is C8H10O2. The summed E-state index contributed by atoms with van der Waals surface area (Å²) in [6, 6.07) is 0. The lowest BCUT2D eigenvalue weighted by Crippen LogP contribution is -2.00. The molecule has 0 aliphatic carbocycles. The molecular weight excluding hydrogens is 128 g/mol. The van der Waals surface area contributed by atoms with Crippen molar-refractivity contribution in [1.82, 2.24) is 0 Å². The zero-order valence-electron chi connectivity index (χ0n) is 6.18. The summed E-state index contributed by atoms with van der Waals surface area (Å²) in [5.41, 5.74) is 0. The van der Waals surface area contributed by atoms with E-state index in [1.165, 1.54) is 0 Å². The predicted octanol–water partition coefficient (Wildman–Crippen LogP) is 1.13. The molecule has 0 fully saturated rings. The molecule has 0 aromatic rings. The average Bonchev–Trinajstić information content (AvgIpc) is 1.89. The van der Waals surface area contributed by atoms with Crippen LogP contribution in [0.25, 0.3) is 0 Å². The van der Waals surface area contributed by atoms with Crippen LogP contribution in [0.4, 0.5) is 0 Å². The van der Waals surface area contributed by atoms with E-state index in [-0.39, 0.29) is 0 Å². The third-order valence-electron chi connectivity index (χ3n) is 0.773. The molecule has 0 aliphatic heterocycles. The number of carbonyl (C=O) groups excluding carboxylic acids is 1. The Morgan fingerprint density at radius 1 is 1.70 bits per heavy atom. The van der Waals surface area contributed by atoms with Crippen molar-refractivity contribution < 1.29 is 9.53 Å². The molecule has 0 aromatic heterocycles.